The van der Waals surface area contributed by atoms with E-state index in [9.17, 15) is 23.7 Å². The van der Waals surface area contributed by atoms with Crippen LogP contribution in [0, 0.1) is 34.1 Å². The molecule has 0 amide bonds. The fourth-order valence-corrected chi connectivity index (χ4v) is 1.47. The third kappa shape index (κ3) is 3.38. The van der Waals surface area contributed by atoms with E-state index in [1.807, 2.05) is 0 Å². The number of terminal acetylenes is 1. The number of aliphatic carboxylic acids is 1. The predicted octanol–water partition coefficient (Wildman–Crippen LogP) is 1.40. The van der Waals surface area contributed by atoms with Crippen molar-refractivity contribution in [3.63, 3.8) is 0 Å². The molecule has 8 heteroatoms. The van der Waals surface area contributed by atoms with E-state index in [1.54, 1.807) is 0 Å². The Bertz CT molecular complexity index is 569. The predicted molar refractivity (Wildman–Crippen MR) is 61.7 cm³/mol. The number of nitro benzene ring substituents is 1. The van der Waals surface area contributed by atoms with E-state index >= 15 is 0 Å². The van der Waals surface area contributed by atoms with Crippen LogP contribution >= 0.6 is 0 Å². The van der Waals surface area contributed by atoms with E-state index in [4.69, 9.17) is 11.5 Å². The molecule has 0 radical (unpaired) electrons. The van der Waals surface area contributed by atoms with Crippen molar-refractivity contribution in [3.05, 3.63) is 33.9 Å². The van der Waals surface area contributed by atoms with Gasteiger partial charge in [-0.25, -0.2) is 4.39 Å². The van der Waals surface area contributed by atoms with Gasteiger partial charge in [-0.15, -0.1) is 6.42 Å². The number of carboxylic acids is 1. The molecule has 1 N–H and O–H groups in total. The lowest BCUT2D eigenvalue weighted by molar-refractivity contribution is -0.386. The fourth-order valence-electron chi connectivity index (χ4n) is 1.47. The molecule has 1 rings (SSSR count). The second-order valence-electron chi connectivity index (χ2n) is 3.47. The molecule has 6 nitrogen and oxygen atoms in total. The Balaban J connectivity index is 3.39. The number of carbonyl (C=O) groups is 1. The number of halogens is 2. The van der Waals surface area contributed by atoms with Crippen molar-refractivity contribution in [2.45, 2.75) is 0 Å². The topological polar surface area (TPSA) is 83.7 Å². The number of nitrogens with zero attached hydrogens (tertiary/aromatic N) is 2. The van der Waals surface area contributed by atoms with Crippen LogP contribution in [0.15, 0.2) is 12.1 Å². The molecule has 0 bridgehead atoms. The van der Waals surface area contributed by atoms with Crippen molar-refractivity contribution in [1.29, 1.82) is 0 Å². The molecule has 0 unspecified atom stereocenters. The summed E-state index contributed by atoms with van der Waals surface area (Å²) < 4.78 is 26.5. The molecule has 0 saturated carbocycles. The van der Waals surface area contributed by atoms with Gasteiger partial charge in [0, 0.05) is 12.1 Å². The highest BCUT2D eigenvalue weighted by Gasteiger charge is 2.26. The van der Waals surface area contributed by atoms with Gasteiger partial charge in [-0.1, -0.05) is 5.92 Å². The smallest absolute Gasteiger partial charge is 0.328 e. The van der Waals surface area contributed by atoms with E-state index in [2.05, 4.69) is 5.92 Å². The van der Waals surface area contributed by atoms with Gasteiger partial charge in [0.2, 0.25) is 5.82 Å². The largest absolute Gasteiger partial charge is 0.480 e. The zero-order valence-corrected chi connectivity index (χ0v) is 9.47. The van der Waals surface area contributed by atoms with E-state index in [0.29, 0.717) is 12.1 Å². The maximum atomic E-state index is 13.4. The Kier molecular flexibility index (Phi) is 4.36. The number of nitro groups is 1. The lowest BCUT2D eigenvalue weighted by Crippen LogP contribution is -2.30. The highest BCUT2D eigenvalue weighted by atomic mass is 19.1. The molecular formula is C11H8F2N2O4. The minimum Gasteiger partial charge on any atom is -0.480 e. The van der Waals surface area contributed by atoms with Gasteiger partial charge in [0.25, 0.3) is 0 Å². The molecule has 1 aromatic rings. The summed E-state index contributed by atoms with van der Waals surface area (Å²) in [6.07, 6.45) is 5.00. The average Bonchev–Trinajstić information content (AvgIpc) is 2.25. The summed E-state index contributed by atoms with van der Waals surface area (Å²) in [5.41, 5.74) is -1.53. The average molecular weight is 270 g/mol. The first-order chi connectivity index (χ1) is 8.86. The molecule has 0 heterocycles. The third-order valence-corrected chi connectivity index (χ3v) is 2.14. The van der Waals surface area contributed by atoms with Crippen LogP contribution in [0.1, 0.15) is 0 Å². The normalized spacial score (nSPS) is 9.74. The van der Waals surface area contributed by atoms with E-state index < -0.39 is 40.4 Å². The lowest BCUT2D eigenvalue weighted by Gasteiger charge is -2.20. The van der Waals surface area contributed by atoms with Crippen LogP contribution in [0.3, 0.4) is 0 Å². The minimum absolute atomic E-state index is 0.337. The van der Waals surface area contributed by atoms with Crippen molar-refractivity contribution >= 4 is 17.3 Å². The first-order valence-electron chi connectivity index (χ1n) is 4.90. The molecule has 0 fully saturated rings. The third-order valence-electron chi connectivity index (χ3n) is 2.14. The SMILES string of the molecule is C#CCN(CC(=O)O)c1cc(F)cc(F)c1[N+](=O)[O-]. The summed E-state index contributed by atoms with van der Waals surface area (Å²) in [4.78, 5) is 21.2. The monoisotopic (exact) mass is 270 g/mol. The Labute approximate surface area is 106 Å². The van der Waals surface area contributed by atoms with E-state index in [0.717, 1.165) is 4.90 Å². The molecule has 0 aromatic heterocycles. The van der Waals surface area contributed by atoms with Crippen molar-refractivity contribution < 1.29 is 23.6 Å². The van der Waals surface area contributed by atoms with Crippen LogP contribution in [-0.2, 0) is 4.79 Å². The summed E-state index contributed by atoms with van der Waals surface area (Å²) in [7, 11) is 0. The van der Waals surface area contributed by atoms with Gasteiger partial charge in [-0.05, 0) is 0 Å². The summed E-state index contributed by atoms with van der Waals surface area (Å²) >= 11 is 0. The van der Waals surface area contributed by atoms with Crippen molar-refractivity contribution in [3.8, 4) is 12.3 Å². The number of rotatable bonds is 5. The van der Waals surface area contributed by atoms with Crippen LogP contribution in [0.5, 0.6) is 0 Å². The number of carboxylic acid groups (broad SMARTS) is 1. The second-order valence-corrected chi connectivity index (χ2v) is 3.47. The number of hydrogen-bond acceptors (Lipinski definition) is 4. The van der Waals surface area contributed by atoms with Gasteiger partial charge in [-0.2, -0.15) is 4.39 Å². The van der Waals surface area contributed by atoms with Crippen LogP contribution in [0.25, 0.3) is 0 Å². The lowest BCUT2D eigenvalue weighted by atomic mass is 10.2. The molecule has 19 heavy (non-hydrogen) atoms. The summed E-state index contributed by atoms with van der Waals surface area (Å²) in [6.45, 7) is -1.05. The standard InChI is InChI=1S/C11H8F2N2O4/c1-2-3-14(6-10(16)17)9-5-7(12)4-8(13)11(9)15(18)19/h1,4-5H,3,6H2,(H,16,17). The van der Waals surface area contributed by atoms with Gasteiger partial charge in [0.05, 0.1) is 11.5 Å². The molecule has 0 spiro atoms. The molecule has 0 atom stereocenters. The zero-order chi connectivity index (χ0) is 14.6. The highest BCUT2D eigenvalue weighted by Crippen LogP contribution is 2.31. The van der Waals surface area contributed by atoms with Gasteiger partial charge >= 0.3 is 11.7 Å². The maximum Gasteiger partial charge on any atom is 0.328 e. The highest BCUT2D eigenvalue weighted by molar-refractivity contribution is 5.76. The Morgan fingerprint density at radius 2 is 2.16 bits per heavy atom. The van der Waals surface area contributed by atoms with Crippen molar-refractivity contribution in [1.82, 2.24) is 0 Å². The van der Waals surface area contributed by atoms with E-state index in [-0.39, 0.29) is 6.54 Å². The zero-order valence-electron chi connectivity index (χ0n) is 9.47. The van der Waals surface area contributed by atoms with Gasteiger partial charge < -0.3 is 10.0 Å². The van der Waals surface area contributed by atoms with Crippen LogP contribution in [0.2, 0.25) is 0 Å². The Hall–Kier alpha value is -2.69. The number of hydrogen-bond donors (Lipinski definition) is 1. The van der Waals surface area contributed by atoms with Crippen molar-refractivity contribution in [2.75, 3.05) is 18.0 Å². The van der Waals surface area contributed by atoms with Gasteiger partial charge in [-0.3, -0.25) is 14.9 Å². The molecule has 100 valence electrons. The maximum absolute atomic E-state index is 13.4. The second kappa shape index (κ2) is 5.77. The molecular weight excluding hydrogens is 262 g/mol. The van der Waals surface area contributed by atoms with Crippen molar-refractivity contribution in [2.24, 2.45) is 0 Å². The Morgan fingerprint density at radius 1 is 1.53 bits per heavy atom. The molecule has 0 aliphatic rings. The number of benzene rings is 1. The summed E-state index contributed by atoms with van der Waals surface area (Å²) in [5, 5.41) is 19.4. The fraction of sp³-hybridized carbons (Fsp3) is 0.182. The van der Waals surface area contributed by atoms with Crippen LogP contribution < -0.4 is 4.90 Å². The first-order valence-corrected chi connectivity index (χ1v) is 4.90. The summed E-state index contributed by atoms with van der Waals surface area (Å²) in [6, 6.07) is 1.01. The molecule has 1 aromatic carbocycles. The first kappa shape index (κ1) is 14.4. The summed E-state index contributed by atoms with van der Waals surface area (Å²) in [5.74, 6) is -1.73. The van der Waals surface area contributed by atoms with Crippen LogP contribution in [-0.4, -0.2) is 29.1 Å². The molecule has 0 aliphatic heterocycles. The van der Waals surface area contributed by atoms with Crippen LogP contribution in [0.4, 0.5) is 20.2 Å². The number of anilines is 1. The van der Waals surface area contributed by atoms with Gasteiger partial charge in [0.1, 0.15) is 18.0 Å². The molecule has 0 aliphatic carbocycles. The quantitative estimate of drug-likeness (QED) is 0.496. The van der Waals surface area contributed by atoms with Gasteiger partial charge in [0.15, 0.2) is 0 Å². The minimum atomic E-state index is -1.40. The van der Waals surface area contributed by atoms with E-state index in [1.165, 1.54) is 0 Å². The molecule has 0 saturated heterocycles. The Morgan fingerprint density at radius 3 is 2.63 bits per heavy atom.